The molecule has 0 saturated carbocycles. The van der Waals surface area contributed by atoms with Gasteiger partial charge < -0.3 is 14.9 Å². The second-order valence-electron chi connectivity index (χ2n) is 4.18. The van der Waals surface area contributed by atoms with Crippen molar-refractivity contribution in [1.82, 2.24) is 0 Å². The Kier molecular flexibility index (Phi) is 3.38. The van der Waals surface area contributed by atoms with Crippen molar-refractivity contribution in [1.29, 1.82) is 0 Å². The van der Waals surface area contributed by atoms with E-state index in [9.17, 15) is 19.8 Å². The predicted octanol–water partition coefficient (Wildman–Crippen LogP) is 1.99. The number of rotatable bonds is 3. The molecule has 0 saturated heterocycles. The van der Waals surface area contributed by atoms with Crippen LogP contribution in [0.1, 0.15) is 13.8 Å². The molecular weight excluding hydrogens is 292 g/mol. The van der Waals surface area contributed by atoms with Crippen molar-refractivity contribution in [3.05, 3.63) is 22.4 Å². The Morgan fingerprint density at radius 3 is 2.18 bits per heavy atom. The van der Waals surface area contributed by atoms with Crippen LogP contribution in [-0.4, -0.2) is 29.3 Å². The van der Waals surface area contributed by atoms with Crippen LogP contribution in [0.3, 0.4) is 0 Å². The Balaban J connectivity index is 3.55. The average molecular weight is 305 g/mol. The third-order valence-corrected chi connectivity index (χ3v) is 3.78. The molecule has 0 aliphatic heterocycles. The van der Waals surface area contributed by atoms with E-state index in [-0.39, 0.29) is 5.76 Å². The van der Waals surface area contributed by atoms with Gasteiger partial charge in [-0.2, -0.15) is 0 Å². The van der Waals surface area contributed by atoms with Crippen molar-refractivity contribution >= 4 is 27.9 Å². The van der Waals surface area contributed by atoms with Crippen LogP contribution < -0.4 is 0 Å². The van der Waals surface area contributed by atoms with Gasteiger partial charge in [-0.1, -0.05) is 22.0 Å². The first-order valence-electron chi connectivity index (χ1n) is 4.81. The van der Waals surface area contributed by atoms with Crippen LogP contribution in [0.25, 0.3) is 0 Å². The summed E-state index contributed by atoms with van der Waals surface area (Å²) in [5.41, 5.74) is -3.23. The first-order valence-corrected chi connectivity index (χ1v) is 5.60. The molecule has 2 N–H and O–H groups in total. The third-order valence-electron chi connectivity index (χ3n) is 3.32. The lowest BCUT2D eigenvalue weighted by Crippen LogP contribution is -2.50. The molecule has 2 unspecified atom stereocenters. The maximum atomic E-state index is 11.4. The Labute approximate surface area is 107 Å². The van der Waals surface area contributed by atoms with Crippen LogP contribution in [-0.2, 0) is 14.3 Å². The molecule has 0 spiro atoms. The van der Waals surface area contributed by atoms with E-state index in [1.807, 2.05) is 0 Å². The van der Waals surface area contributed by atoms with Crippen LogP contribution in [0.5, 0.6) is 0 Å². The second-order valence-corrected chi connectivity index (χ2v) is 5.10. The van der Waals surface area contributed by atoms with Crippen LogP contribution >= 0.6 is 15.9 Å². The van der Waals surface area contributed by atoms with Crippen molar-refractivity contribution in [3.63, 3.8) is 0 Å². The molecule has 1 aliphatic carbocycles. The highest BCUT2D eigenvalue weighted by atomic mass is 79.9. The molecular formula is C11H13BrO5. The maximum Gasteiger partial charge on any atom is 0.318 e. The van der Waals surface area contributed by atoms with Gasteiger partial charge in [0.1, 0.15) is 16.6 Å². The first kappa shape index (κ1) is 13.8. The molecule has 0 radical (unpaired) electrons. The summed E-state index contributed by atoms with van der Waals surface area (Å²) in [4.78, 5) is 22.8. The molecule has 94 valence electrons. The van der Waals surface area contributed by atoms with Crippen molar-refractivity contribution in [3.8, 4) is 0 Å². The molecule has 5 nitrogen and oxygen atoms in total. The molecule has 0 fully saturated rings. The van der Waals surface area contributed by atoms with E-state index >= 15 is 0 Å². The number of methoxy groups -OCH3 is 1. The number of hydrogen-bond donors (Lipinski definition) is 2. The SMILES string of the molecule is COC1=CC(Br)=CC(C)(C(=O)O)C1(C)C(=O)O. The van der Waals surface area contributed by atoms with E-state index in [4.69, 9.17) is 4.74 Å². The normalized spacial score (nSPS) is 32.5. The lowest BCUT2D eigenvalue weighted by molar-refractivity contribution is -0.166. The summed E-state index contributed by atoms with van der Waals surface area (Å²) in [5, 5.41) is 18.6. The summed E-state index contributed by atoms with van der Waals surface area (Å²) in [6, 6.07) is 0. The minimum atomic E-state index is -1.65. The number of carbonyl (C=O) groups is 2. The first-order chi connectivity index (χ1) is 7.70. The third kappa shape index (κ3) is 1.76. The van der Waals surface area contributed by atoms with E-state index in [1.165, 1.54) is 33.1 Å². The van der Waals surface area contributed by atoms with Gasteiger partial charge in [0.05, 0.1) is 7.11 Å². The summed E-state index contributed by atoms with van der Waals surface area (Å²) >= 11 is 3.16. The highest BCUT2D eigenvalue weighted by molar-refractivity contribution is 9.11. The van der Waals surface area contributed by atoms with Crippen LogP contribution in [0.2, 0.25) is 0 Å². The van der Waals surface area contributed by atoms with Gasteiger partial charge in [0.2, 0.25) is 0 Å². The summed E-state index contributed by atoms with van der Waals surface area (Å²) in [5.74, 6) is -2.36. The Hall–Kier alpha value is -1.30. The van der Waals surface area contributed by atoms with E-state index in [0.29, 0.717) is 4.48 Å². The van der Waals surface area contributed by atoms with Crippen LogP contribution in [0.15, 0.2) is 22.4 Å². The van der Waals surface area contributed by atoms with Crippen LogP contribution in [0, 0.1) is 10.8 Å². The minimum absolute atomic E-state index is 0.101. The lowest BCUT2D eigenvalue weighted by Gasteiger charge is -2.41. The number of allylic oxidation sites excluding steroid dienone is 2. The van der Waals surface area contributed by atoms with Crippen molar-refractivity contribution in [2.24, 2.45) is 10.8 Å². The van der Waals surface area contributed by atoms with Gasteiger partial charge in [0.15, 0.2) is 0 Å². The molecule has 1 aliphatic rings. The van der Waals surface area contributed by atoms with Gasteiger partial charge in [-0.25, -0.2) is 0 Å². The fraction of sp³-hybridized carbons (Fsp3) is 0.455. The maximum absolute atomic E-state index is 11.4. The summed E-state index contributed by atoms with van der Waals surface area (Å²) in [7, 11) is 1.32. The topological polar surface area (TPSA) is 83.8 Å². The Bertz CT molecular complexity index is 439. The number of halogens is 1. The van der Waals surface area contributed by atoms with Crippen molar-refractivity contribution in [2.75, 3.05) is 7.11 Å². The number of hydrogen-bond acceptors (Lipinski definition) is 3. The number of carboxylic acids is 2. The van der Waals surface area contributed by atoms with Crippen molar-refractivity contribution in [2.45, 2.75) is 13.8 Å². The van der Waals surface area contributed by atoms with E-state index in [0.717, 1.165) is 0 Å². The number of carboxylic acid groups (broad SMARTS) is 2. The second kappa shape index (κ2) is 4.18. The number of aliphatic carboxylic acids is 2. The monoisotopic (exact) mass is 304 g/mol. The smallest absolute Gasteiger partial charge is 0.318 e. The largest absolute Gasteiger partial charge is 0.500 e. The van der Waals surface area contributed by atoms with Gasteiger partial charge in [-0.3, -0.25) is 9.59 Å². The van der Waals surface area contributed by atoms with Gasteiger partial charge in [-0.05, 0) is 19.9 Å². The zero-order valence-corrected chi connectivity index (χ0v) is 11.2. The highest BCUT2D eigenvalue weighted by Gasteiger charge is 2.59. The standard InChI is InChI=1S/C11H13BrO5/c1-10(8(13)14)5-6(12)4-7(17-3)11(10,2)9(15)16/h4-5H,1-3H3,(H,13,14)(H,15,16). The van der Waals surface area contributed by atoms with E-state index < -0.39 is 22.8 Å². The van der Waals surface area contributed by atoms with Gasteiger partial charge in [0.25, 0.3) is 0 Å². The van der Waals surface area contributed by atoms with E-state index in [1.54, 1.807) is 0 Å². The molecule has 0 aromatic carbocycles. The van der Waals surface area contributed by atoms with Gasteiger partial charge in [0, 0.05) is 4.48 Å². The zero-order valence-electron chi connectivity index (χ0n) is 9.65. The summed E-state index contributed by atoms with van der Waals surface area (Å²) in [6.07, 6.45) is 2.84. The molecule has 2 atom stereocenters. The lowest BCUT2D eigenvalue weighted by atomic mass is 9.62. The Morgan fingerprint density at radius 1 is 1.29 bits per heavy atom. The van der Waals surface area contributed by atoms with Gasteiger partial charge >= 0.3 is 11.9 Å². The average Bonchev–Trinajstić information content (AvgIpc) is 2.22. The predicted molar refractivity (Wildman–Crippen MR) is 63.6 cm³/mol. The molecule has 1 rings (SSSR count). The number of ether oxygens (including phenoxy) is 1. The molecule has 6 heteroatoms. The highest BCUT2D eigenvalue weighted by Crippen LogP contribution is 2.51. The zero-order chi connectivity index (χ0) is 13.4. The summed E-state index contributed by atoms with van der Waals surface area (Å²) in [6.45, 7) is 2.70. The van der Waals surface area contributed by atoms with Crippen LogP contribution in [0.4, 0.5) is 0 Å². The molecule has 17 heavy (non-hydrogen) atoms. The van der Waals surface area contributed by atoms with Crippen molar-refractivity contribution < 1.29 is 24.5 Å². The summed E-state index contributed by atoms with van der Waals surface area (Å²) < 4.78 is 5.51. The quantitative estimate of drug-likeness (QED) is 0.833. The molecule has 0 amide bonds. The fourth-order valence-electron chi connectivity index (χ4n) is 1.85. The fourth-order valence-corrected chi connectivity index (χ4v) is 2.52. The molecule has 0 heterocycles. The molecule has 0 aromatic rings. The Morgan fingerprint density at radius 2 is 1.82 bits per heavy atom. The van der Waals surface area contributed by atoms with E-state index in [2.05, 4.69) is 15.9 Å². The molecule has 0 bridgehead atoms. The van der Waals surface area contributed by atoms with Gasteiger partial charge in [-0.15, -0.1) is 0 Å². The minimum Gasteiger partial charge on any atom is -0.500 e. The molecule has 0 aromatic heterocycles.